The number of carbonyl (C=O) groups is 4. The molecule has 1 aromatic rings. The number of rotatable bonds is 4. The molecule has 6 rings (SSSR count). The highest BCUT2D eigenvalue weighted by molar-refractivity contribution is 6.10. The number of para-hydroxylation sites is 1. The van der Waals surface area contributed by atoms with E-state index >= 15 is 0 Å². The van der Waals surface area contributed by atoms with E-state index in [-0.39, 0.29) is 47.6 Å². The van der Waals surface area contributed by atoms with Gasteiger partial charge in [-0.1, -0.05) is 24.3 Å². The quantitative estimate of drug-likeness (QED) is 0.485. The number of nitrogens with zero attached hydrogens (tertiary/aromatic N) is 1. The summed E-state index contributed by atoms with van der Waals surface area (Å²) in [6, 6.07) is 6.46. The van der Waals surface area contributed by atoms with Gasteiger partial charge in [0.05, 0.1) is 30.2 Å². The lowest BCUT2D eigenvalue weighted by Crippen LogP contribution is -2.40. The molecule has 1 heterocycles. The molecule has 2 bridgehead atoms. The molecule has 0 radical (unpaired) electrons. The monoisotopic (exact) mass is 380 g/mol. The number of likely N-dealkylation sites (tertiary alicyclic amines) is 1. The molecule has 1 saturated heterocycles. The fraction of sp³-hybridized carbons (Fsp3) is 0.429. The van der Waals surface area contributed by atoms with Crippen molar-refractivity contribution in [2.75, 3.05) is 19.0 Å². The van der Waals surface area contributed by atoms with Crippen molar-refractivity contribution in [3.8, 4) is 0 Å². The third kappa shape index (κ3) is 2.35. The van der Waals surface area contributed by atoms with Crippen molar-refractivity contribution in [1.29, 1.82) is 0 Å². The van der Waals surface area contributed by atoms with Gasteiger partial charge in [0.25, 0.3) is 0 Å². The van der Waals surface area contributed by atoms with E-state index in [1.165, 1.54) is 13.2 Å². The second kappa shape index (κ2) is 6.02. The predicted molar refractivity (Wildman–Crippen MR) is 97.8 cm³/mol. The summed E-state index contributed by atoms with van der Waals surface area (Å²) in [5.41, 5.74) is 0.507. The van der Waals surface area contributed by atoms with Crippen molar-refractivity contribution in [2.45, 2.75) is 6.42 Å². The van der Waals surface area contributed by atoms with Crippen LogP contribution in [-0.4, -0.2) is 42.2 Å². The SMILES string of the molecule is COC(=O)c1ccccc1NC(=O)CN1C(=O)[C@@H]2[C@H]3C=C[C@@H]([C@@H]4C[C@@H]34)[C@@H]2C1=O. The minimum Gasteiger partial charge on any atom is -0.465 e. The number of esters is 1. The number of hydrogen-bond acceptors (Lipinski definition) is 5. The highest BCUT2D eigenvalue weighted by Crippen LogP contribution is 2.65. The van der Waals surface area contributed by atoms with Gasteiger partial charge in [-0.3, -0.25) is 19.3 Å². The zero-order valence-corrected chi connectivity index (χ0v) is 15.3. The van der Waals surface area contributed by atoms with Crippen LogP contribution in [0.25, 0.3) is 0 Å². The number of carbonyl (C=O) groups excluding carboxylic acids is 4. The molecule has 1 N–H and O–H groups in total. The van der Waals surface area contributed by atoms with Gasteiger partial charge in [-0.25, -0.2) is 4.79 Å². The van der Waals surface area contributed by atoms with Crippen LogP contribution in [0.5, 0.6) is 0 Å². The van der Waals surface area contributed by atoms with Crippen LogP contribution in [0.15, 0.2) is 36.4 Å². The Labute approximate surface area is 161 Å². The maximum Gasteiger partial charge on any atom is 0.339 e. The Morgan fingerprint density at radius 2 is 1.68 bits per heavy atom. The van der Waals surface area contributed by atoms with E-state index in [2.05, 4.69) is 17.5 Å². The summed E-state index contributed by atoms with van der Waals surface area (Å²) in [7, 11) is 1.26. The Kier molecular flexibility index (Phi) is 3.69. The molecule has 0 aromatic heterocycles. The van der Waals surface area contributed by atoms with Gasteiger partial charge in [-0.15, -0.1) is 0 Å². The summed E-state index contributed by atoms with van der Waals surface area (Å²) >= 11 is 0. The Hall–Kier alpha value is -2.96. The van der Waals surface area contributed by atoms with Gasteiger partial charge < -0.3 is 10.1 Å². The molecular formula is C21H20N2O5. The van der Waals surface area contributed by atoms with Crippen LogP contribution in [0, 0.1) is 35.5 Å². The van der Waals surface area contributed by atoms with Crippen LogP contribution < -0.4 is 5.32 Å². The lowest BCUT2D eigenvalue weighted by atomic mass is 9.63. The van der Waals surface area contributed by atoms with Crippen molar-refractivity contribution in [3.05, 3.63) is 42.0 Å². The molecule has 144 valence electrons. The first kappa shape index (κ1) is 17.2. The molecule has 28 heavy (non-hydrogen) atoms. The fourth-order valence-corrected chi connectivity index (χ4v) is 5.39. The smallest absolute Gasteiger partial charge is 0.339 e. The van der Waals surface area contributed by atoms with E-state index in [9.17, 15) is 19.2 Å². The second-order valence-corrected chi connectivity index (χ2v) is 8.00. The molecule has 0 spiro atoms. The fourth-order valence-electron chi connectivity index (χ4n) is 5.39. The Morgan fingerprint density at radius 1 is 1.07 bits per heavy atom. The van der Waals surface area contributed by atoms with Crippen LogP contribution >= 0.6 is 0 Å². The third-order valence-corrected chi connectivity index (χ3v) is 6.66. The standard InChI is InChI=1S/C21H20N2O5/c1-28-21(27)12-4-2-3-5-15(12)22-16(24)9-23-19(25)17-10-6-7-11(14-8-13(10)14)18(17)20(23)26/h2-7,10-11,13-14,17-18H,8-9H2,1H3,(H,22,24)/t10-,11-,13-,14-,17-,18+/m0/s1. The maximum atomic E-state index is 12.9. The van der Waals surface area contributed by atoms with Gasteiger partial charge in [0.15, 0.2) is 0 Å². The Morgan fingerprint density at radius 3 is 2.29 bits per heavy atom. The van der Waals surface area contributed by atoms with Gasteiger partial charge in [0.1, 0.15) is 6.54 Å². The number of hydrogen-bond donors (Lipinski definition) is 1. The zero-order valence-electron chi connectivity index (χ0n) is 15.3. The van der Waals surface area contributed by atoms with Gasteiger partial charge in [-0.05, 0) is 42.2 Å². The molecule has 3 amide bonds. The zero-order chi connectivity index (χ0) is 19.6. The normalized spacial score (nSPS) is 34.1. The summed E-state index contributed by atoms with van der Waals surface area (Å²) in [6.45, 7) is -0.338. The third-order valence-electron chi connectivity index (χ3n) is 6.66. The average molecular weight is 380 g/mol. The van der Waals surface area contributed by atoms with Crippen molar-refractivity contribution < 1.29 is 23.9 Å². The average Bonchev–Trinajstić information content (AvgIpc) is 3.49. The van der Waals surface area contributed by atoms with Crippen LogP contribution in [0.3, 0.4) is 0 Å². The number of ether oxygens (including phenoxy) is 1. The number of methoxy groups -OCH3 is 1. The molecule has 7 heteroatoms. The van der Waals surface area contributed by atoms with E-state index in [1.54, 1.807) is 18.2 Å². The summed E-state index contributed by atoms with van der Waals surface area (Å²) in [5.74, 6) is -0.897. The molecule has 1 aliphatic heterocycles. The largest absolute Gasteiger partial charge is 0.465 e. The second-order valence-electron chi connectivity index (χ2n) is 8.00. The van der Waals surface area contributed by atoms with E-state index in [1.807, 2.05) is 0 Å². The van der Waals surface area contributed by atoms with Crippen LogP contribution in [0.1, 0.15) is 16.8 Å². The highest BCUT2D eigenvalue weighted by Gasteiger charge is 2.67. The summed E-state index contributed by atoms with van der Waals surface area (Å²) < 4.78 is 4.72. The van der Waals surface area contributed by atoms with E-state index in [0.29, 0.717) is 17.5 Å². The maximum absolute atomic E-state index is 12.9. The van der Waals surface area contributed by atoms with Crippen LogP contribution in [-0.2, 0) is 19.1 Å². The van der Waals surface area contributed by atoms with Gasteiger partial charge in [0.2, 0.25) is 17.7 Å². The number of benzene rings is 1. The highest BCUT2D eigenvalue weighted by atomic mass is 16.5. The lowest BCUT2D eigenvalue weighted by molar-refractivity contribution is -0.142. The van der Waals surface area contributed by atoms with Crippen molar-refractivity contribution in [2.24, 2.45) is 35.5 Å². The van der Waals surface area contributed by atoms with Crippen molar-refractivity contribution in [3.63, 3.8) is 0 Å². The molecule has 3 fully saturated rings. The Balaban J connectivity index is 1.33. The van der Waals surface area contributed by atoms with Crippen molar-refractivity contribution in [1.82, 2.24) is 4.90 Å². The first-order valence-corrected chi connectivity index (χ1v) is 9.52. The van der Waals surface area contributed by atoms with E-state index in [0.717, 1.165) is 11.3 Å². The van der Waals surface area contributed by atoms with E-state index < -0.39 is 11.9 Å². The lowest BCUT2D eigenvalue weighted by Gasteiger charge is -2.37. The first-order chi connectivity index (χ1) is 13.5. The molecular weight excluding hydrogens is 360 g/mol. The number of allylic oxidation sites excluding steroid dienone is 2. The minimum atomic E-state index is -0.572. The number of nitrogens with one attached hydrogen (secondary N) is 1. The predicted octanol–water partition coefficient (Wildman–Crippen LogP) is 1.46. The number of imide groups is 1. The van der Waals surface area contributed by atoms with Gasteiger partial charge >= 0.3 is 5.97 Å². The van der Waals surface area contributed by atoms with E-state index in [4.69, 9.17) is 4.74 Å². The molecule has 5 aliphatic rings. The van der Waals surface area contributed by atoms with Crippen LogP contribution in [0.2, 0.25) is 0 Å². The first-order valence-electron chi connectivity index (χ1n) is 9.52. The molecule has 6 atom stereocenters. The molecule has 4 aliphatic carbocycles. The minimum absolute atomic E-state index is 0.129. The summed E-state index contributed by atoms with van der Waals surface area (Å²) in [4.78, 5) is 51.4. The Bertz CT molecular complexity index is 902. The number of anilines is 1. The van der Waals surface area contributed by atoms with Crippen LogP contribution in [0.4, 0.5) is 5.69 Å². The van der Waals surface area contributed by atoms with Gasteiger partial charge in [0, 0.05) is 0 Å². The summed E-state index contributed by atoms with van der Waals surface area (Å²) in [5, 5.41) is 2.63. The molecule has 7 nitrogen and oxygen atoms in total. The number of amides is 3. The topological polar surface area (TPSA) is 92.8 Å². The summed E-state index contributed by atoms with van der Waals surface area (Å²) in [6.07, 6.45) is 5.30. The molecule has 0 unspecified atom stereocenters. The van der Waals surface area contributed by atoms with Gasteiger partial charge in [-0.2, -0.15) is 0 Å². The molecule has 1 aromatic carbocycles. The van der Waals surface area contributed by atoms with Crippen molar-refractivity contribution >= 4 is 29.4 Å². The molecule has 2 saturated carbocycles.